The number of ether oxygens (including phenoxy) is 1. The number of carbonyl (C=O) groups excluding carboxylic acids is 3. The van der Waals surface area contributed by atoms with Gasteiger partial charge in [-0.05, 0) is 89.4 Å². The first-order valence-electron chi connectivity index (χ1n) is 11.1. The molecule has 28 heavy (non-hydrogen) atoms. The number of rotatable bonds is 5. The fourth-order valence-electron chi connectivity index (χ4n) is 6.91. The largest absolute Gasteiger partial charge is 0.454 e. The zero-order valence-electron chi connectivity index (χ0n) is 17.2. The van der Waals surface area contributed by atoms with E-state index in [2.05, 4.69) is 5.32 Å². The second-order valence-corrected chi connectivity index (χ2v) is 9.97. The summed E-state index contributed by atoms with van der Waals surface area (Å²) < 4.78 is 5.18. The smallest absolute Gasteiger partial charge is 0.325 e. The van der Waals surface area contributed by atoms with Crippen LogP contribution in [-0.4, -0.2) is 47.9 Å². The molecule has 5 aliphatic rings. The number of nitrogens with one attached hydrogen (secondary N) is 1. The highest BCUT2D eigenvalue weighted by atomic mass is 16.5. The fraction of sp³-hybridized carbons (Fsp3) is 0.864. The normalized spacial score (nSPS) is 38.9. The van der Waals surface area contributed by atoms with Crippen LogP contribution in [0.1, 0.15) is 71.6 Å². The molecule has 4 saturated carbocycles. The van der Waals surface area contributed by atoms with Crippen LogP contribution < -0.4 is 5.32 Å². The van der Waals surface area contributed by atoms with E-state index in [4.69, 9.17) is 4.74 Å². The molecule has 6 heteroatoms. The monoisotopic (exact) mass is 390 g/mol. The van der Waals surface area contributed by atoms with Gasteiger partial charge in [-0.2, -0.15) is 0 Å². The molecule has 2 atom stereocenters. The Morgan fingerprint density at radius 2 is 1.50 bits per heavy atom. The Balaban J connectivity index is 1.23. The van der Waals surface area contributed by atoms with Crippen molar-refractivity contribution in [3.05, 3.63) is 0 Å². The Kier molecular flexibility index (Phi) is 5.41. The van der Waals surface area contributed by atoms with Gasteiger partial charge >= 0.3 is 5.97 Å². The topological polar surface area (TPSA) is 75.7 Å². The standard InChI is InChI=1S/C22H34N2O4/c1-14-4-3-5-15(2)24(14)19(25)13-28-20(26)12-23-21(27)22-9-16-6-17(10-22)8-18(7-16)11-22/h14-18H,3-13H2,1-2H3,(H,23,27)/t14-,15+,16?,17?,18?,22?. The zero-order valence-corrected chi connectivity index (χ0v) is 17.2. The number of hydrogen-bond acceptors (Lipinski definition) is 4. The van der Waals surface area contributed by atoms with Crippen molar-refractivity contribution in [1.29, 1.82) is 0 Å². The van der Waals surface area contributed by atoms with Gasteiger partial charge in [0.1, 0.15) is 6.54 Å². The van der Waals surface area contributed by atoms with Gasteiger partial charge in [0.15, 0.2) is 6.61 Å². The SMILES string of the molecule is C[C@@H]1CCC[C@H](C)N1C(=O)COC(=O)CNC(=O)C12CC3CC(CC(C3)C1)C2. The molecule has 0 spiro atoms. The van der Waals surface area contributed by atoms with E-state index >= 15 is 0 Å². The van der Waals surface area contributed by atoms with Gasteiger partial charge in [-0.3, -0.25) is 14.4 Å². The van der Waals surface area contributed by atoms with Crippen LogP contribution >= 0.6 is 0 Å². The minimum Gasteiger partial charge on any atom is -0.454 e. The first kappa shape index (κ1) is 19.7. The molecule has 0 aromatic rings. The van der Waals surface area contributed by atoms with Crippen molar-refractivity contribution in [1.82, 2.24) is 10.2 Å². The van der Waals surface area contributed by atoms with Crippen molar-refractivity contribution in [3.63, 3.8) is 0 Å². The maximum atomic E-state index is 12.9. The second kappa shape index (κ2) is 7.68. The highest BCUT2D eigenvalue weighted by molar-refractivity contribution is 5.87. The highest BCUT2D eigenvalue weighted by Crippen LogP contribution is 2.60. The molecule has 1 N–H and O–H groups in total. The van der Waals surface area contributed by atoms with Gasteiger partial charge in [0.25, 0.3) is 5.91 Å². The maximum Gasteiger partial charge on any atom is 0.325 e. The van der Waals surface area contributed by atoms with E-state index in [1.165, 1.54) is 19.3 Å². The van der Waals surface area contributed by atoms with E-state index in [0.717, 1.165) is 38.5 Å². The molecule has 0 aromatic carbocycles. The molecule has 1 heterocycles. The summed E-state index contributed by atoms with van der Waals surface area (Å²) >= 11 is 0. The molecule has 4 aliphatic carbocycles. The fourth-order valence-corrected chi connectivity index (χ4v) is 6.91. The van der Waals surface area contributed by atoms with Gasteiger partial charge in [-0.1, -0.05) is 0 Å². The van der Waals surface area contributed by atoms with E-state index < -0.39 is 5.97 Å². The van der Waals surface area contributed by atoms with Crippen molar-refractivity contribution in [2.24, 2.45) is 23.2 Å². The molecule has 5 rings (SSSR count). The Morgan fingerprint density at radius 3 is 2.04 bits per heavy atom. The molecule has 2 amide bonds. The average Bonchev–Trinajstić information content (AvgIpc) is 2.63. The first-order valence-corrected chi connectivity index (χ1v) is 11.1. The molecular weight excluding hydrogens is 356 g/mol. The number of piperidine rings is 1. The number of esters is 1. The number of nitrogens with zero attached hydrogens (tertiary/aromatic N) is 1. The van der Waals surface area contributed by atoms with Crippen LogP contribution in [0.15, 0.2) is 0 Å². The lowest BCUT2D eigenvalue weighted by atomic mass is 9.49. The predicted octanol–water partition coefficient (Wildman–Crippen LogP) is 2.65. The number of likely N-dealkylation sites (tertiary alicyclic amines) is 1. The molecule has 156 valence electrons. The molecule has 1 saturated heterocycles. The summed E-state index contributed by atoms with van der Waals surface area (Å²) in [4.78, 5) is 39.3. The lowest BCUT2D eigenvalue weighted by Gasteiger charge is -2.55. The zero-order chi connectivity index (χ0) is 19.9. The van der Waals surface area contributed by atoms with Gasteiger partial charge < -0.3 is 15.0 Å². The van der Waals surface area contributed by atoms with E-state index in [1.54, 1.807) is 0 Å². The number of hydrogen-bond donors (Lipinski definition) is 1. The summed E-state index contributed by atoms with van der Waals surface area (Å²) in [6.07, 6.45) is 9.88. The average molecular weight is 391 g/mol. The van der Waals surface area contributed by atoms with Gasteiger partial charge in [-0.25, -0.2) is 0 Å². The molecular formula is C22H34N2O4. The summed E-state index contributed by atoms with van der Waals surface area (Å²) in [5, 5.41) is 2.82. The lowest BCUT2D eigenvalue weighted by Crippen LogP contribution is -2.54. The van der Waals surface area contributed by atoms with Crippen LogP contribution in [0, 0.1) is 23.2 Å². The number of carbonyl (C=O) groups is 3. The van der Waals surface area contributed by atoms with Crippen LogP contribution in [0.3, 0.4) is 0 Å². The summed E-state index contributed by atoms with van der Waals surface area (Å²) in [5.41, 5.74) is -0.260. The highest BCUT2D eigenvalue weighted by Gasteiger charge is 2.54. The van der Waals surface area contributed by atoms with Crippen LogP contribution in [0.5, 0.6) is 0 Å². The van der Waals surface area contributed by atoms with Crippen molar-refractivity contribution < 1.29 is 19.1 Å². The van der Waals surface area contributed by atoms with Gasteiger partial charge in [0.2, 0.25) is 5.91 Å². The minimum absolute atomic E-state index is 0.0214. The van der Waals surface area contributed by atoms with E-state index in [1.807, 2.05) is 18.7 Å². The van der Waals surface area contributed by atoms with E-state index in [9.17, 15) is 14.4 Å². The quantitative estimate of drug-likeness (QED) is 0.732. The van der Waals surface area contributed by atoms with Gasteiger partial charge in [0, 0.05) is 17.5 Å². The van der Waals surface area contributed by atoms with Crippen LogP contribution in [0.25, 0.3) is 0 Å². The Labute approximate surface area is 167 Å². The van der Waals surface area contributed by atoms with Crippen LogP contribution in [0.2, 0.25) is 0 Å². The third kappa shape index (κ3) is 3.79. The minimum atomic E-state index is -0.524. The Morgan fingerprint density at radius 1 is 0.964 bits per heavy atom. The third-order valence-electron chi connectivity index (χ3n) is 7.75. The second-order valence-electron chi connectivity index (χ2n) is 9.97. The lowest BCUT2D eigenvalue weighted by molar-refractivity contribution is -0.156. The maximum absolute atomic E-state index is 12.9. The molecule has 0 aromatic heterocycles. The van der Waals surface area contributed by atoms with Crippen molar-refractivity contribution >= 4 is 17.8 Å². The molecule has 1 aliphatic heterocycles. The van der Waals surface area contributed by atoms with Crippen molar-refractivity contribution in [2.45, 2.75) is 83.7 Å². The summed E-state index contributed by atoms with van der Waals surface area (Å²) in [6, 6.07) is 0.372. The van der Waals surface area contributed by atoms with Gasteiger partial charge in [0.05, 0.1) is 0 Å². The molecule has 6 nitrogen and oxygen atoms in total. The molecule has 4 bridgehead atoms. The van der Waals surface area contributed by atoms with Gasteiger partial charge in [-0.15, -0.1) is 0 Å². The van der Waals surface area contributed by atoms with E-state index in [0.29, 0.717) is 17.8 Å². The van der Waals surface area contributed by atoms with E-state index in [-0.39, 0.29) is 42.5 Å². The third-order valence-corrected chi connectivity index (χ3v) is 7.75. The predicted molar refractivity (Wildman–Crippen MR) is 104 cm³/mol. The summed E-state index contributed by atoms with van der Waals surface area (Å²) in [5.74, 6) is 1.43. The molecule has 0 unspecified atom stereocenters. The van der Waals surface area contributed by atoms with Crippen molar-refractivity contribution in [2.75, 3.05) is 13.2 Å². The van der Waals surface area contributed by atoms with Crippen LogP contribution in [0.4, 0.5) is 0 Å². The summed E-state index contributed by atoms with van der Waals surface area (Å²) in [7, 11) is 0. The number of amides is 2. The Hall–Kier alpha value is -1.59. The molecule has 0 radical (unpaired) electrons. The Bertz CT molecular complexity index is 601. The first-order chi connectivity index (χ1) is 13.4. The summed E-state index contributed by atoms with van der Waals surface area (Å²) in [6.45, 7) is 3.71. The van der Waals surface area contributed by atoms with Crippen molar-refractivity contribution in [3.8, 4) is 0 Å². The van der Waals surface area contributed by atoms with Crippen LogP contribution in [-0.2, 0) is 19.1 Å². The molecule has 5 fully saturated rings.